The molecule has 1 aromatic rings. The molecule has 1 aromatic carbocycles. The molecule has 3 N–H and O–H groups in total. The van der Waals surface area contributed by atoms with Crippen molar-refractivity contribution >= 4 is 23.5 Å². The van der Waals surface area contributed by atoms with Gasteiger partial charge in [-0.1, -0.05) is 26.8 Å². The van der Waals surface area contributed by atoms with E-state index in [4.69, 9.17) is 5.11 Å². The standard InChI is InChI=1S/C16H21FN2O4/c1-9(18-15(23)16(2,3)4)14(22)19-11-6-5-10(7-13(20)21)12(17)8-11/h5-6,8-9H,7H2,1-4H3,(H,18,23)(H,19,22)(H,20,21). The van der Waals surface area contributed by atoms with Crippen LogP contribution in [0.5, 0.6) is 0 Å². The summed E-state index contributed by atoms with van der Waals surface area (Å²) in [5, 5.41) is 13.7. The van der Waals surface area contributed by atoms with Gasteiger partial charge >= 0.3 is 5.97 Å². The van der Waals surface area contributed by atoms with Crippen LogP contribution < -0.4 is 10.6 Å². The lowest BCUT2D eigenvalue weighted by molar-refractivity contribution is -0.136. The number of aliphatic carboxylic acids is 1. The fraction of sp³-hybridized carbons (Fsp3) is 0.438. The summed E-state index contributed by atoms with van der Waals surface area (Å²) in [5.41, 5.74) is -0.401. The third kappa shape index (κ3) is 5.69. The first-order chi connectivity index (χ1) is 10.5. The minimum Gasteiger partial charge on any atom is -0.481 e. The van der Waals surface area contributed by atoms with Crippen LogP contribution in [0, 0.1) is 11.2 Å². The highest BCUT2D eigenvalue weighted by Gasteiger charge is 2.25. The van der Waals surface area contributed by atoms with Crippen LogP contribution in [0.4, 0.5) is 10.1 Å². The molecule has 0 fully saturated rings. The van der Waals surface area contributed by atoms with Crippen molar-refractivity contribution in [1.29, 1.82) is 0 Å². The van der Waals surface area contributed by atoms with Crippen molar-refractivity contribution in [2.75, 3.05) is 5.32 Å². The van der Waals surface area contributed by atoms with E-state index in [2.05, 4.69) is 10.6 Å². The van der Waals surface area contributed by atoms with Gasteiger partial charge in [-0.15, -0.1) is 0 Å². The Hall–Kier alpha value is -2.44. The van der Waals surface area contributed by atoms with E-state index >= 15 is 0 Å². The van der Waals surface area contributed by atoms with Gasteiger partial charge in [0, 0.05) is 11.1 Å². The number of rotatable bonds is 5. The topological polar surface area (TPSA) is 95.5 Å². The summed E-state index contributed by atoms with van der Waals surface area (Å²) in [7, 11) is 0. The molecule has 0 heterocycles. The van der Waals surface area contributed by atoms with E-state index in [1.165, 1.54) is 19.1 Å². The number of hydrogen-bond acceptors (Lipinski definition) is 3. The number of benzene rings is 1. The third-order valence-corrected chi connectivity index (χ3v) is 3.08. The Kier molecular flexibility index (Phi) is 5.84. The van der Waals surface area contributed by atoms with Crippen LogP contribution in [0.25, 0.3) is 0 Å². The predicted octanol–water partition coefficient (Wildman–Crippen LogP) is 1.94. The summed E-state index contributed by atoms with van der Waals surface area (Å²) in [6, 6.07) is 2.98. The van der Waals surface area contributed by atoms with Crippen molar-refractivity contribution in [3.8, 4) is 0 Å². The molecule has 0 bridgehead atoms. The first-order valence-corrected chi connectivity index (χ1v) is 7.12. The van der Waals surface area contributed by atoms with Gasteiger partial charge in [-0.25, -0.2) is 4.39 Å². The van der Waals surface area contributed by atoms with Crippen LogP contribution in [0.2, 0.25) is 0 Å². The van der Waals surface area contributed by atoms with E-state index in [9.17, 15) is 18.8 Å². The lowest BCUT2D eigenvalue weighted by Gasteiger charge is -2.21. The summed E-state index contributed by atoms with van der Waals surface area (Å²) >= 11 is 0. The minimum atomic E-state index is -1.14. The monoisotopic (exact) mass is 324 g/mol. The van der Waals surface area contributed by atoms with Crippen LogP contribution in [0.3, 0.4) is 0 Å². The molecule has 1 atom stereocenters. The molecule has 2 amide bonds. The quantitative estimate of drug-likeness (QED) is 0.771. The Bertz CT molecular complexity index is 623. The van der Waals surface area contributed by atoms with Gasteiger partial charge in [0.15, 0.2) is 0 Å². The van der Waals surface area contributed by atoms with Gasteiger partial charge in [0.05, 0.1) is 6.42 Å². The highest BCUT2D eigenvalue weighted by molar-refractivity contribution is 5.97. The second-order valence-electron chi connectivity index (χ2n) is 6.31. The maximum atomic E-state index is 13.7. The average Bonchev–Trinajstić information content (AvgIpc) is 2.40. The van der Waals surface area contributed by atoms with Crippen molar-refractivity contribution in [3.05, 3.63) is 29.6 Å². The maximum Gasteiger partial charge on any atom is 0.307 e. The molecule has 1 rings (SSSR count). The molecule has 6 nitrogen and oxygen atoms in total. The van der Waals surface area contributed by atoms with E-state index in [0.29, 0.717) is 0 Å². The molecule has 0 spiro atoms. The molecule has 0 aliphatic rings. The molecule has 0 saturated heterocycles. The zero-order chi connectivity index (χ0) is 17.8. The Morgan fingerprint density at radius 3 is 2.35 bits per heavy atom. The van der Waals surface area contributed by atoms with Crippen molar-refractivity contribution in [2.45, 2.75) is 40.2 Å². The predicted molar refractivity (Wildman–Crippen MR) is 83.4 cm³/mol. The second-order valence-corrected chi connectivity index (χ2v) is 6.31. The van der Waals surface area contributed by atoms with Crippen LogP contribution in [0.1, 0.15) is 33.3 Å². The smallest absolute Gasteiger partial charge is 0.307 e. The molecule has 0 aromatic heterocycles. The molecular weight excluding hydrogens is 303 g/mol. The number of carboxylic acid groups (broad SMARTS) is 1. The van der Waals surface area contributed by atoms with Crippen molar-refractivity contribution in [3.63, 3.8) is 0 Å². The summed E-state index contributed by atoms with van der Waals surface area (Å²) < 4.78 is 13.7. The van der Waals surface area contributed by atoms with Gasteiger partial charge in [-0.3, -0.25) is 14.4 Å². The number of carbonyl (C=O) groups is 3. The number of nitrogens with one attached hydrogen (secondary N) is 2. The fourth-order valence-electron chi connectivity index (χ4n) is 1.66. The number of halogens is 1. The first kappa shape index (κ1) is 18.6. The Morgan fingerprint density at radius 2 is 1.87 bits per heavy atom. The highest BCUT2D eigenvalue weighted by Crippen LogP contribution is 2.16. The summed E-state index contributed by atoms with van der Waals surface area (Å²) in [5.74, 6) is -2.62. The van der Waals surface area contributed by atoms with Crippen LogP contribution in [-0.2, 0) is 20.8 Å². The average molecular weight is 324 g/mol. The van der Waals surface area contributed by atoms with Gasteiger partial charge in [0.25, 0.3) is 0 Å². The number of carboxylic acids is 1. The van der Waals surface area contributed by atoms with E-state index in [1.54, 1.807) is 20.8 Å². The summed E-state index contributed by atoms with van der Waals surface area (Å²) in [6.45, 7) is 6.70. The van der Waals surface area contributed by atoms with Crippen LogP contribution in [-0.4, -0.2) is 28.9 Å². The number of anilines is 1. The Balaban J connectivity index is 2.72. The van der Waals surface area contributed by atoms with Crippen LogP contribution >= 0.6 is 0 Å². The molecule has 23 heavy (non-hydrogen) atoms. The molecule has 0 saturated carbocycles. The molecule has 0 aliphatic heterocycles. The normalized spacial score (nSPS) is 12.4. The Labute approximate surface area is 134 Å². The van der Waals surface area contributed by atoms with E-state index < -0.39 is 35.6 Å². The largest absolute Gasteiger partial charge is 0.481 e. The molecule has 126 valence electrons. The first-order valence-electron chi connectivity index (χ1n) is 7.12. The number of carbonyl (C=O) groups excluding carboxylic acids is 2. The maximum absolute atomic E-state index is 13.7. The zero-order valence-electron chi connectivity index (χ0n) is 13.6. The summed E-state index contributed by atoms with van der Waals surface area (Å²) in [6.07, 6.45) is -0.432. The van der Waals surface area contributed by atoms with E-state index in [1.807, 2.05) is 0 Å². The van der Waals surface area contributed by atoms with Crippen molar-refractivity contribution in [2.24, 2.45) is 5.41 Å². The van der Waals surface area contributed by atoms with E-state index in [0.717, 1.165) is 6.07 Å². The zero-order valence-corrected chi connectivity index (χ0v) is 13.6. The van der Waals surface area contributed by atoms with Gasteiger partial charge in [0.1, 0.15) is 11.9 Å². The third-order valence-electron chi connectivity index (χ3n) is 3.08. The van der Waals surface area contributed by atoms with Gasteiger partial charge < -0.3 is 15.7 Å². The van der Waals surface area contributed by atoms with E-state index in [-0.39, 0.29) is 17.2 Å². The minimum absolute atomic E-state index is 0.0320. The molecule has 0 aliphatic carbocycles. The Morgan fingerprint density at radius 1 is 1.26 bits per heavy atom. The van der Waals surface area contributed by atoms with Gasteiger partial charge in [0.2, 0.25) is 11.8 Å². The molecular formula is C16H21FN2O4. The molecule has 7 heteroatoms. The van der Waals surface area contributed by atoms with Gasteiger partial charge in [-0.05, 0) is 24.6 Å². The second kappa shape index (κ2) is 7.21. The number of hydrogen-bond donors (Lipinski definition) is 3. The molecule has 1 unspecified atom stereocenters. The lowest BCUT2D eigenvalue weighted by Crippen LogP contribution is -2.46. The fourth-order valence-corrected chi connectivity index (χ4v) is 1.66. The van der Waals surface area contributed by atoms with Crippen molar-refractivity contribution in [1.82, 2.24) is 5.32 Å². The molecule has 0 radical (unpaired) electrons. The highest BCUT2D eigenvalue weighted by atomic mass is 19.1. The van der Waals surface area contributed by atoms with Crippen molar-refractivity contribution < 1.29 is 23.9 Å². The lowest BCUT2D eigenvalue weighted by atomic mass is 9.95. The van der Waals surface area contributed by atoms with Gasteiger partial charge in [-0.2, -0.15) is 0 Å². The van der Waals surface area contributed by atoms with Crippen LogP contribution in [0.15, 0.2) is 18.2 Å². The SMILES string of the molecule is CC(NC(=O)C(C)(C)C)C(=O)Nc1ccc(CC(=O)O)c(F)c1. The summed E-state index contributed by atoms with van der Waals surface area (Å²) in [4.78, 5) is 34.4. The number of amides is 2.